The zero-order valence-electron chi connectivity index (χ0n) is 21.6. The van der Waals surface area contributed by atoms with Crippen molar-refractivity contribution in [2.45, 2.75) is 0 Å². The van der Waals surface area contributed by atoms with E-state index in [0.29, 0.717) is 5.56 Å². The van der Waals surface area contributed by atoms with Crippen molar-refractivity contribution in [1.82, 2.24) is 9.13 Å². The highest BCUT2D eigenvalue weighted by Gasteiger charge is 2.20. The summed E-state index contributed by atoms with van der Waals surface area (Å²) >= 11 is 0. The average Bonchev–Trinajstić information content (AvgIpc) is 3.54. The molecule has 3 nitrogen and oxygen atoms in total. The molecule has 0 radical (unpaired) electrons. The van der Waals surface area contributed by atoms with Crippen LogP contribution in [-0.2, 0) is 0 Å². The molecule has 0 atom stereocenters. The molecule has 0 aliphatic carbocycles. The number of nitrogens with zero attached hydrogens (tertiary/aromatic N) is 3. The van der Waals surface area contributed by atoms with E-state index in [1.54, 1.807) is 0 Å². The van der Waals surface area contributed by atoms with Gasteiger partial charge in [-0.2, -0.15) is 5.26 Å². The fourth-order valence-corrected chi connectivity index (χ4v) is 6.25. The van der Waals surface area contributed by atoms with E-state index >= 15 is 0 Å². The Morgan fingerprint density at radius 2 is 0.925 bits per heavy atom. The maximum atomic E-state index is 9.36. The smallest absolute Gasteiger partial charge is 0.0991 e. The molecule has 0 saturated carbocycles. The fraction of sp³-hybridized carbons (Fsp3) is 0. The molecular weight excluding hydrogens is 486 g/mol. The monoisotopic (exact) mass is 509 g/mol. The molecule has 0 fully saturated rings. The van der Waals surface area contributed by atoms with Crippen LogP contribution in [0.5, 0.6) is 0 Å². The molecule has 0 amide bonds. The lowest BCUT2D eigenvalue weighted by molar-refractivity contribution is 1.13. The van der Waals surface area contributed by atoms with E-state index < -0.39 is 0 Å². The molecule has 0 bridgehead atoms. The van der Waals surface area contributed by atoms with Gasteiger partial charge in [0.15, 0.2) is 0 Å². The van der Waals surface area contributed by atoms with Gasteiger partial charge in [-0.05, 0) is 48.0 Å². The maximum Gasteiger partial charge on any atom is 0.0991 e. The van der Waals surface area contributed by atoms with Gasteiger partial charge in [0.1, 0.15) is 0 Å². The summed E-state index contributed by atoms with van der Waals surface area (Å²) in [5.41, 5.74) is 9.80. The molecule has 0 aliphatic rings. The molecule has 40 heavy (non-hydrogen) atoms. The lowest BCUT2D eigenvalue weighted by atomic mass is 10.0. The summed E-state index contributed by atoms with van der Waals surface area (Å²) in [6.45, 7) is 0. The lowest BCUT2D eigenvalue weighted by Crippen LogP contribution is -2.02. The molecule has 0 N–H and O–H groups in total. The van der Waals surface area contributed by atoms with Crippen molar-refractivity contribution in [3.05, 3.63) is 145 Å². The second-order valence-corrected chi connectivity index (χ2v) is 10.1. The van der Waals surface area contributed by atoms with Gasteiger partial charge < -0.3 is 9.13 Å². The van der Waals surface area contributed by atoms with Gasteiger partial charge in [-0.15, -0.1) is 0 Å². The number of hydrogen-bond acceptors (Lipinski definition) is 1. The van der Waals surface area contributed by atoms with Crippen molar-refractivity contribution in [3.63, 3.8) is 0 Å². The standard InChI is InChI=1S/C37H23N3/c38-24-25-20-22-26(23-21-25)27-10-1-5-15-32(27)40-35-18-8-4-13-30(35)31-14-9-19-36(37(31)40)39-33-16-6-2-11-28(33)29-12-3-7-17-34(29)39/h1-23H. The molecule has 0 unspecified atom stereocenters. The van der Waals surface area contributed by atoms with Gasteiger partial charge in [-0.3, -0.25) is 0 Å². The van der Waals surface area contributed by atoms with E-state index in [0.717, 1.165) is 33.5 Å². The zero-order chi connectivity index (χ0) is 26.6. The molecule has 3 heteroatoms. The van der Waals surface area contributed by atoms with E-state index in [9.17, 15) is 5.26 Å². The second-order valence-electron chi connectivity index (χ2n) is 10.1. The van der Waals surface area contributed by atoms with E-state index in [-0.39, 0.29) is 0 Å². The largest absolute Gasteiger partial charge is 0.307 e. The normalized spacial score (nSPS) is 11.5. The van der Waals surface area contributed by atoms with Gasteiger partial charge in [0.05, 0.1) is 45.1 Å². The Hall–Kier alpha value is -5.59. The minimum Gasteiger partial charge on any atom is -0.307 e. The Morgan fingerprint density at radius 3 is 1.57 bits per heavy atom. The highest BCUT2D eigenvalue weighted by atomic mass is 15.1. The number of fused-ring (bicyclic) bond motifs is 6. The van der Waals surface area contributed by atoms with Crippen LogP contribution in [-0.4, -0.2) is 9.13 Å². The van der Waals surface area contributed by atoms with Crippen molar-refractivity contribution in [3.8, 4) is 28.6 Å². The summed E-state index contributed by atoms with van der Waals surface area (Å²) < 4.78 is 4.82. The molecule has 0 spiro atoms. The van der Waals surface area contributed by atoms with Crippen molar-refractivity contribution < 1.29 is 0 Å². The van der Waals surface area contributed by atoms with Crippen LogP contribution in [0.4, 0.5) is 0 Å². The summed E-state index contributed by atoms with van der Waals surface area (Å²) in [7, 11) is 0. The van der Waals surface area contributed by atoms with Crippen LogP contribution in [0, 0.1) is 11.3 Å². The van der Waals surface area contributed by atoms with E-state index in [2.05, 4.69) is 130 Å². The SMILES string of the molecule is N#Cc1ccc(-c2ccccc2-n2c3ccccc3c3cccc(-n4c5ccccc5c5ccccc54)c32)cc1. The summed E-state index contributed by atoms with van der Waals surface area (Å²) in [6, 6.07) is 51.3. The summed E-state index contributed by atoms with van der Waals surface area (Å²) in [5.74, 6) is 0. The van der Waals surface area contributed by atoms with Crippen molar-refractivity contribution >= 4 is 43.6 Å². The first-order chi connectivity index (χ1) is 19.8. The molecule has 8 aromatic rings. The van der Waals surface area contributed by atoms with E-state index in [1.165, 1.54) is 32.6 Å². The summed E-state index contributed by atoms with van der Waals surface area (Å²) in [4.78, 5) is 0. The van der Waals surface area contributed by atoms with Gasteiger partial charge in [-0.1, -0.05) is 97.1 Å². The quantitative estimate of drug-likeness (QED) is 0.233. The first-order valence-electron chi connectivity index (χ1n) is 13.4. The van der Waals surface area contributed by atoms with Crippen molar-refractivity contribution in [2.75, 3.05) is 0 Å². The lowest BCUT2D eigenvalue weighted by Gasteiger charge is -2.17. The van der Waals surface area contributed by atoms with Gasteiger partial charge in [0.25, 0.3) is 0 Å². The van der Waals surface area contributed by atoms with Crippen LogP contribution in [0.1, 0.15) is 5.56 Å². The molecular formula is C37H23N3. The van der Waals surface area contributed by atoms with Crippen LogP contribution in [0.25, 0.3) is 66.1 Å². The number of benzene rings is 6. The molecule has 2 aromatic heterocycles. The molecule has 0 saturated heterocycles. The zero-order valence-corrected chi connectivity index (χ0v) is 21.6. The van der Waals surface area contributed by atoms with Gasteiger partial charge in [-0.25, -0.2) is 0 Å². The third-order valence-electron chi connectivity index (χ3n) is 7.96. The molecule has 0 aliphatic heterocycles. The van der Waals surface area contributed by atoms with Gasteiger partial charge in [0, 0.05) is 27.1 Å². The average molecular weight is 510 g/mol. The minimum absolute atomic E-state index is 0.659. The minimum atomic E-state index is 0.659. The highest BCUT2D eigenvalue weighted by Crippen LogP contribution is 2.41. The molecule has 2 heterocycles. The number of para-hydroxylation sites is 5. The molecule has 6 aromatic carbocycles. The van der Waals surface area contributed by atoms with Crippen molar-refractivity contribution in [2.24, 2.45) is 0 Å². The third kappa shape index (κ3) is 3.17. The van der Waals surface area contributed by atoms with Crippen molar-refractivity contribution in [1.29, 1.82) is 5.26 Å². The highest BCUT2D eigenvalue weighted by molar-refractivity contribution is 6.15. The Balaban J connectivity index is 1.53. The predicted molar refractivity (Wildman–Crippen MR) is 165 cm³/mol. The van der Waals surface area contributed by atoms with Gasteiger partial charge in [0.2, 0.25) is 0 Å². The Labute approximate surface area is 231 Å². The van der Waals surface area contributed by atoms with E-state index in [4.69, 9.17) is 0 Å². The van der Waals surface area contributed by atoms with Crippen LogP contribution >= 0.6 is 0 Å². The fourth-order valence-electron chi connectivity index (χ4n) is 6.25. The number of rotatable bonds is 3. The Morgan fingerprint density at radius 1 is 0.425 bits per heavy atom. The number of hydrogen-bond donors (Lipinski definition) is 0. The predicted octanol–water partition coefficient (Wildman–Crippen LogP) is 9.42. The molecule has 8 rings (SSSR count). The Bertz CT molecular complexity index is 2220. The van der Waals surface area contributed by atoms with Crippen LogP contribution in [0.2, 0.25) is 0 Å². The molecule has 186 valence electrons. The van der Waals surface area contributed by atoms with Crippen LogP contribution in [0.15, 0.2) is 140 Å². The number of nitriles is 1. The summed E-state index contributed by atoms with van der Waals surface area (Å²) in [5, 5.41) is 14.3. The third-order valence-corrected chi connectivity index (χ3v) is 7.96. The summed E-state index contributed by atoms with van der Waals surface area (Å²) in [6.07, 6.45) is 0. The van der Waals surface area contributed by atoms with E-state index in [1.807, 2.05) is 24.3 Å². The second kappa shape index (κ2) is 8.73. The first-order valence-corrected chi connectivity index (χ1v) is 13.4. The maximum absolute atomic E-state index is 9.36. The first kappa shape index (κ1) is 22.4. The topological polar surface area (TPSA) is 33.6 Å². The van der Waals surface area contributed by atoms with Crippen LogP contribution < -0.4 is 0 Å². The number of aromatic nitrogens is 2. The van der Waals surface area contributed by atoms with Gasteiger partial charge >= 0.3 is 0 Å². The Kier molecular flexibility index (Phi) is 4.89. The van der Waals surface area contributed by atoms with Crippen LogP contribution in [0.3, 0.4) is 0 Å².